The van der Waals surface area contributed by atoms with Crippen LogP contribution in [0.2, 0.25) is 0 Å². The van der Waals surface area contributed by atoms with Crippen LogP contribution in [0.15, 0.2) is 151 Å². The molecule has 4 nitrogen and oxygen atoms in total. The molecule has 208 valence electrons. The summed E-state index contributed by atoms with van der Waals surface area (Å²) >= 11 is -0.242. The van der Waals surface area contributed by atoms with Crippen LogP contribution in [0, 0.1) is 10.2 Å². The molecular weight excluding hydrogens is 726 g/mol. The van der Waals surface area contributed by atoms with Gasteiger partial charge in [0.1, 0.15) is 0 Å². The van der Waals surface area contributed by atoms with E-state index in [2.05, 4.69) is 152 Å². The van der Waals surface area contributed by atoms with E-state index in [9.17, 15) is 0 Å². The molecule has 7 heteroatoms. The Morgan fingerprint density at radius 2 is 0.833 bits per heavy atom. The smallest absolute Gasteiger partial charge is 0.112 e. The van der Waals surface area contributed by atoms with Gasteiger partial charge in [-0.15, -0.1) is 10.2 Å². The van der Waals surface area contributed by atoms with E-state index in [1.165, 1.54) is 49.5 Å². The molecule has 0 atom stereocenters. The zero-order valence-electron chi connectivity index (χ0n) is 22.3. The van der Waals surface area contributed by atoms with Crippen LogP contribution in [0.1, 0.15) is 16.7 Å². The van der Waals surface area contributed by atoms with E-state index in [1.54, 1.807) is 0 Å². The summed E-state index contributed by atoms with van der Waals surface area (Å²) in [6.07, 6.45) is 7.21. The Morgan fingerprint density at radius 3 is 1.19 bits per heavy atom. The van der Waals surface area contributed by atoms with Gasteiger partial charge in [0.25, 0.3) is 0 Å². The van der Waals surface area contributed by atoms with Crippen molar-refractivity contribution in [3.8, 4) is 20.0 Å². The number of hydrogen-bond donors (Lipinski definition) is 0. The second-order valence-electron chi connectivity index (χ2n) is 9.22. The number of hydrogen-bond acceptors (Lipinski definition) is 4. The van der Waals surface area contributed by atoms with E-state index in [0.29, 0.717) is 0 Å². The maximum atomic E-state index is 8.49. The fourth-order valence-electron chi connectivity index (χ4n) is 4.38. The third-order valence-corrected chi connectivity index (χ3v) is 11.9. The summed E-state index contributed by atoms with van der Waals surface area (Å²) in [5.74, 6) is 0. The van der Waals surface area contributed by atoms with Crippen molar-refractivity contribution in [2.45, 2.75) is 0 Å². The van der Waals surface area contributed by atoms with Crippen LogP contribution in [-0.2, 0) is 0 Å². The van der Waals surface area contributed by atoms with Crippen molar-refractivity contribution in [1.82, 2.24) is 0 Å². The third-order valence-electron chi connectivity index (χ3n) is 6.20. The summed E-state index contributed by atoms with van der Waals surface area (Å²) in [4.78, 5) is 0. The third kappa shape index (κ3) is 8.94. The molecule has 1 aliphatic rings. The van der Waals surface area contributed by atoms with Gasteiger partial charge in [0.2, 0.25) is 0 Å². The molecule has 0 saturated carbocycles. The number of allylic oxidation sites excluding steroid dienone is 3. The minimum atomic E-state index is -4.94. The summed E-state index contributed by atoms with van der Waals surface area (Å²) < 4.78 is 39.8. The fourth-order valence-corrected chi connectivity index (χ4v) is 10.0. The van der Waals surface area contributed by atoms with Gasteiger partial charge in [-0.05, 0) is 0 Å². The van der Waals surface area contributed by atoms with Crippen LogP contribution in [0.3, 0.4) is 0 Å². The van der Waals surface area contributed by atoms with Gasteiger partial charge in [0.05, 0.1) is 0 Å². The Hall–Kier alpha value is -3.11. The van der Waals surface area contributed by atoms with Gasteiger partial charge in [-0.3, -0.25) is 0 Å². The molecule has 4 aromatic carbocycles. The van der Waals surface area contributed by atoms with Crippen molar-refractivity contribution in [2.24, 2.45) is 0 Å². The largest absolute Gasteiger partial charge is 0.222 e. The Kier molecular flexibility index (Phi) is 10.4. The van der Waals surface area contributed by atoms with Crippen LogP contribution >= 0.6 is 0 Å². The zero-order valence-corrected chi connectivity index (χ0v) is 27.1. The Bertz CT molecular complexity index is 1600. The molecule has 0 aliphatic carbocycles. The van der Waals surface area contributed by atoms with E-state index in [0.717, 1.165) is 0 Å². The Labute approximate surface area is 263 Å². The van der Waals surface area contributed by atoms with E-state index in [4.69, 9.17) is 18.6 Å². The monoisotopic (exact) mass is 754 g/mol. The van der Waals surface area contributed by atoms with Crippen molar-refractivity contribution in [3.05, 3.63) is 168 Å². The summed E-state index contributed by atoms with van der Waals surface area (Å²) in [5.41, 5.74) is 7.85. The molecule has 0 bridgehead atoms. The summed E-state index contributed by atoms with van der Waals surface area (Å²) in [6, 6.07) is 48.3. The average molecular weight is 752 g/mol. The molecule has 2 heterocycles. The molecule has 5 aromatic rings. The van der Waals surface area contributed by atoms with Crippen molar-refractivity contribution < 1.29 is 28.9 Å². The van der Waals surface area contributed by atoms with Crippen LogP contribution in [0.5, 0.6) is 0 Å². The molecule has 0 N–H and O–H groups in total. The summed E-state index contributed by atoms with van der Waals surface area (Å²) in [6.45, 7) is 0. The zero-order chi connectivity index (χ0) is 29.4. The van der Waals surface area contributed by atoms with Crippen LogP contribution in [-0.4, -0.2) is 35.4 Å². The molecule has 0 spiro atoms. The van der Waals surface area contributed by atoms with Crippen molar-refractivity contribution >= 4 is 48.7 Å². The Balaban J connectivity index is 0.000000652. The minimum Gasteiger partial charge on any atom is -0.222 e. The van der Waals surface area contributed by atoms with Gasteiger partial charge < -0.3 is 0 Å². The molecule has 0 fully saturated rings. The van der Waals surface area contributed by atoms with Gasteiger partial charge in [-0.2, -0.15) is 0 Å². The molecule has 6 rings (SSSR count). The fraction of sp³-hybridized carbons (Fsp3) is 0. The van der Waals surface area contributed by atoms with Gasteiger partial charge in [0.15, 0.2) is 0 Å². The average Bonchev–Trinajstić information content (AvgIpc) is 3.02. The SMILES string of the molecule is C(=C1C=C(c2ccccc2)[Te]C(c2ccccc2)=C1)c1cc(-c2ccccc2)[se+]c(-c2ccccc2)c1.[O-][Cl+3]([O-])([O-])[O-]. The van der Waals surface area contributed by atoms with Crippen molar-refractivity contribution in [3.63, 3.8) is 0 Å². The van der Waals surface area contributed by atoms with E-state index in [-0.39, 0.29) is 14.5 Å². The first kappa shape index (κ1) is 30.4. The molecular formula is C35H25ClO4SeTe. The molecule has 1 aromatic heterocycles. The minimum absolute atomic E-state index is 0.250. The first-order valence-electron chi connectivity index (χ1n) is 13.0. The van der Waals surface area contributed by atoms with Crippen LogP contribution in [0.4, 0.5) is 0 Å². The van der Waals surface area contributed by atoms with E-state index in [1.807, 2.05) is 0 Å². The second kappa shape index (κ2) is 14.4. The van der Waals surface area contributed by atoms with E-state index < -0.39 is 31.2 Å². The number of halogens is 1. The standard InChI is InChI=1S/C35H25SeTe.ClHO4/c1-5-13-28(14-6-1)32-22-26(23-33(36-32)29-15-7-2-8-16-29)21-27-24-34(30-17-9-3-10-18-30)37-35(25-27)31-19-11-4-12-20-31;2-1(3,4)5/h1-25H;(H,2,3,4,5)/q+1;/p-1. The predicted molar refractivity (Wildman–Crippen MR) is 161 cm³/mol. The molecule has 0 amide bonds. The normalized spacial score (nSPS) is 12.9. The molecule has 0 radical (unpaired) electrons. The first-order chi connectivity index (χ1) is 20.3. The van der Waals surface area contributed by atoms with E-state index >= 15 is 0 Å². The summed E-state index contributed by atoms with van der Waals surface area (Å²) in [7, 11) is -4.94. The van der Waals surface area contributed by atoms with Crippen LogP contribution in [0.25, 0.3) is 33.3 Å². The Morgan fingerprint density at radius 1 is 0.500 bits per heavy atom. The van der Waals surface area contributed by atoms with Crippen LogP contribution < -0.4 is 18.6 Å². The van der Waals surface area contributed by atoms with Gasteiger partial charge in [-0.1, -0.05) is 0 Å². The predicted octanol–water partition coefficient (Wildman–Crippen LogP) is 3.79. The first-order valence-corrected chi connectivity index (χ1v) is 18.2. The molecule has 0 unspecified atom stereocenters. The van der Waals surface area contributed by atoms with Gasteiger partial charge in [-0.25, -0.2) is 18.6 Å². The van der Waals surface area contributed by atoms with Crippen molar-refractivity contribution in [1.29, 1.82) is 0 Å². The quantitative estimate of drug-likeness (QED) is 0.256. The molecule has 0 saturated heterocycles. The summed E-state index contributed by atoms with van der Waals surface area (Å²) in [5, 5.41) is 0. The number of rotatable bonds is 5. The second-order valence-corrected chi connectivity index (χ2v) is 15.3. The molecule has 42 heavy (non-hydrogen) atoms. The maximum Gasteiger partial charge on any atom is -0.112 e. The van der Waals surface area contributed by atoms with Gasteiger partial charge in [0, 0.05) is 0 Å². The molecule has 1 aliphatic heterocycles. The van der Waals surface area contributed by atoms with Gasteiger partial charge >= 0.3 is 237 Å². The number of benzene rings is 4. The maximum absolute atomic E-state index is 8.49. The topological polar surface area (TPSA) is 92.2 Å². The van der Waals surface area contributed by atoms with Crippen molar-refractivity contribution in [2.75, 3.05) is 0 Å².